The van der Waals surface area contributed by atoms with E-state index < -0.39 is 30.6 Å². The molecule has 8 nitrogen and oxygen atoms in total. The van der Waals surface area contributed by atoms with Gasteiger partial charge in [0, 0.05) is 6.54 Å². The fraction of sp³-hybridized carbons (Fsp3) is 0.357. The normalized spacial score (nSPS) is 15.6. The maximum atomic E-state index is 11.8. The molecule has 1 aromatic rings. The molecule has 22 heavy (non-hydrogen) atoms. The van der Waals surface area contributed by atoms with Crippen molar-refractivity contribution in [2.75, 3.05) is 19.8 Å². The first kappa shape index (κ1) is 15.6. The molecule has 3 amide bonds. The monoisotopic (exact) mass is 308 g/mol. The van der Waals surface area contributed by atoms with Crippen molar-refractivity contribution in [2.24, 2.45) is 0 Å². The van der Waals surface area contributed by atoms with E-state index in [0.29, 0.717) is 18.0 Å². The Morgan fingerprint density at radius 3 is 2.73 bits per heavy atom. The Kier molecular flexibility index (Phi) is 5.18. The Morgan fingerprint density at radius 1 is 1.27 bits per heavy atom. The standard InChI is InChI=1S/C14H16N2O6/c1-2-15-14(19)16-12(17)8-21-13(18)11-7-20-9-5-3-4-6-10(9)22-11/h3-6,11H,2,7-8H2,1H3,(H2,15,16,17,19)/t11-/m0/s1. The molecule has 2 N–H and O–H groups in total. The second kappa shape index (κ2) is 7.30. The van der Waals surface area contributed by atoms with E-state index in [1.54, 1.807) is 31.2 Å². The Labute approximate surface area is 126 Å². The number of carbonyl (C=O) groups excluding carboxylic acids is 3. The highest BCUT2D eigenvalue weighted by atomic mass is 16.6. The molecule has 0 radical (unpaired) electrons. The number of fused-ring (bicyclic) bond motifs is 1. The summed E-state index contributed by atoms with van der Waals surface area (Å²) in [7, 11) is 0. The summed E-state index contributed by atoms with van der Waals surface area (Å²) in [6.07, 6.45) is -0.952. The molecule has 1 heterocycles. The lowest BCUT2D eigenvalue weighted by atomic mass is 10.2. The summed E-state index contributed by atoms with van der Waals surface area (Å²) >= 11 is 0. The van der Waals surface area contributed by atoms with Crippen LogP contribution in [-0.4, -0.2) is 43.8 Å². The third-order valence-electron chi connectivity index (χ3n) is 2.71. The van der Waals surface area contributed by atoms with Crippen molar-refractivity contribution in [3.8, 4) is 11.5 Å². The van der Waals surface area contributed by atoms with Crippen LogP contribution >= 0.6 is 0 Å². The predicted octanol–water partition coefficient (Wildman–Crippen LogP) is 0.215. The van der Waals surface area contributed by atoms with E-state index in [4.69, 9.17) is 14.2 Å². The highest BCUT2D eigenvalue weighted by Gasteiger charge is 2.29. The van der Waals surface area contributed by atoms with Crippen LogP contribution in [0.5, 0.6) is 11.5 Å². The van der Waals surface area contributed by atoms with Crippen molar-refractivity contribution in [1.29, 1.82) is 0 Å². The first-order valence-electron chi connectivity index (χ1n) is 6.73. The molecular formula is C14H16N2O6. The van der Waals surface area contributed by atoms with E-state index in [1.807, 2.05) is 5.32 Å². The topological polar surface area (TPSA) is 103 Å². The second-order valence-corrected chi connectivity index (χ2v) is 4.38. The van der Waals surface area contributed by atoms with Crippen molar-refractivity contribution in [1.82, 2.24) is 10.6 Å². The molecule has 0 unspecified atom stereocenters. The average molecular weight is 308 g/mol. The molecule has 8 heteroatoms. The average Bonchev–Trinajstić information content (AvgIpc) is 2.52. The van der Waals surface area contributed by atoms with Crippen LogP contribution < -0.4 is 20.1 Å². The van der Waals surface area contributed by atoms with Gasteiger partial charge in [-0.05, 0) is 19.1 Å². The number of rotatable bonds is 4. The van der Waals surface area contributed by atoms with E-state index in [9.17, 15) is 14.4 Å². The van der Waals surface area contributed by atoms with Gasteiger partial charge < -0.3 is 19.5 Å². The van der Waals surface area contributed by atoms with Crippen LogP contribution in [0.25, 0.3) is 0 Å². The Balaban J connectivity index is 1.79. The summed E-state index contributed by atoms with van der Waals surface area (Å²) in [4.78, 5) is 34.3. The number of para-hydroxylation sites is 2. The molecule has 118 valence electrons. The van der Waals surface area contributed by atoms with Gasteiger partial charge in [-0.2, -0.15) is 0 Å². The summed E-state index contributed by atoms with van der Waals surface area (Å²) in [6, 6.07) is 6.27. The minimum Gasteiger partial charge on any atom is -0.485 e. The van der Waals surface area contributed by atoms with E-state index in [2.05, 4.69) is 5.32 Å². The zero-order valence-corrected chi connectivity index (χ0v) is 12.0. The Hall–Kier alpha value is -2.77. The maximum absolute atomic E-state index is 11.8. The largest absolute Gasteiger partial charge is 0.485 e. The van der Waals surface area contributed by atoms with Crippen LogP contribution in [0.1, 0.15) is 6.92 Å². The zero-order chi connectivity index (χ0) is 15.9. The lowest BCUT2D eigenvalue weighted by molar-refractivity contribution is -0.157. The van der Waals surface area contributed by atoms with E-state index in [0.717, 1.165) is 0 Å². The van der Waals surface area contributed by atoms with Crippen molar-refractivity contribution in [3.05, 3.63) is 24.3 Å². The van der Waals surface area contributed by atoms with Crippen molar-refractivity contribution >= 4 is 17.9 Å². The number of ether oxygens (including phenoxy) is 3. The summed E-state index contributed by atoms with van der Waals surface area (Å²) in [6.45, 7) is 1.51. The molecule has 1 aliphatic rings. The summed E-state index contributed by atoms with van der Waals surface area (Å²) in [5.74, 6) is -0.486. The highest BCUT2D eigenvalue weighted by molar-refractivity contribution is 5.95. The fourth-order valence-electron chi connectivity index (χ4n) is 1.73. The van der Waals surface area contributed by atoms with Gasteiger partial charge in [-0.3, -0.25) is 10.1 Å². The molecular weight excluding hydrogens is 292 g/mol. The molecule has 0 saturated heterocycles. The predicted molar refractivity (Wildman–Crippen MR) is 74.5 cm³/mol. The third-order valence-corrected chi connectivity index (χ3v) is 2.71. The minimum atomic E-state index is -0.952. The number of hydrogen-bond acceptors (Lipinski definition) is 6. The van der Waals surface area contributed by atoms with Gasteiger partial charge in [0.2, 0.25) is 6.10 Å². The number of imide groups is 1. The number of urea groups is 1. The van der Waals surface area contributed by atoms with Gasteiger partial charge in [0.25, 0.3) is 5.91 Å². The molecule has 0 aromatic heterocycles. The number of amides is 3. The first-order valence-corrected chi connectivity index (χ1v) is 6.73. The van der Waals surface area contributed by atoms with Crippen LogP contribution in [0.2, 0.25) is 0 Å². The van der Waals surface area contributed by atoms with Gasteiger partial charge in [0.15, 0.2) is 18.1 Å². The van der Waals surface area contributed by atoms with Gasteiger partial charge in [-0.15, -0.1) is 0 Å². The lowest BCUT2D eigenvalue weighted by Crippen LogP contribution is -2.43. The fourth-order valence-corrected chi connectivity index (χ4v) is 1.73. The summed E-state index contributed by atoms with van der Waals surface area (Å²) < 4.78 is 15.6. The Bertz CT molecular complexity index is 574. The Morgan fingerprint density at radius 2 is 2.00 bits per heavy atom. The number of benzene rings is 1. The number of hydrogen-bond donors (Lipinski definition) is 2. The molecule has 0 saturated carbocycles. The minimum absolute atomic E-state index is 0.00616. The zero-order valence-electron chi connectivity index (χ0n) is 12.0. The molecule has 1 aliphatic heterocycles. The number of nitrogens with one attached hydrogen (secondary N) is 2. The quantitative estimate of drug-likeness (QED) is 0.771. The van der Waals surface area contributed by atoms with Gasteiger partial charge in [0.1, 0.15) is 6.61 Å². The second-order valence-electron chi connectivity index (χ2n) is 4.38. The summed E-state index contributed by atoms with van der Waals surface area (Å²) in [5, 5.41) is 4.40. The van der Waals surface area contributed by atoms with Crippen molar-refractivity contribution in [3.63, 3.8) is 0 Å². The molecule has 0 spiro atoms. The number of esters is 1. The lowest BCUT2D eigenvalue weighted by Gasteiger charge is -2.24. The van der Waals surface area contributed by atoms with Gasteiger partial charge in [-0.25, -0.2) is 9.59 Å². The van der Waals surface area contributed by atoms with Gasteiger partial charge in [-0.1, -0.05) is 12.1 Å². The van der Waals surface area contributed by atoms with E-state index in [-0.39, 0.29) is 6.61 Å². The summed E-state index contributed by atoms with van der Waals surface area (Å²) in [5.41, 5.74) is 0. The van der Waals surface area contributed by atoms with E-state index in [1.165, 1.54) is 0 Å². The van der Waals surface area contributed by atoms with Crippen LogP contribution in [0.4, 0.5) is 4.79 Å². The SMILES string of the molecule is CCNC(=O)NC(=O)COC(=O)[C@@H]1COc2ccccc2O1. The highest BCUT2D eigenvalue weighted by Crippen LogP contribution is 2.30. The molecule has 0 aliphatic carbocycles. The van der Waals surface area contributed by atoms with Gasteiger partial charge >= 0.3 is 12.0 Å². The molecule has 0 bridgehead atoms. The van der Waals surface area contributed by atoms with Crippen LogP contribution in [-0.2, 0) is 14.3 Å². The number of carbonyl (C=O) groups is 3. The van der Waals surface area contributed by atoms with Crippen LogP contribution in [0.15, 0.2) is 24.3 Å². The maximum Gasteiger partial charge on any atom is 0.351 e. The van der Waals surface area contributed by atoms with Crippen LogP contribution in [0.3, 0.4) is 0 Å². The van der Waals surface area contributed by atoms with E-state index >= 15 is 0 Å². The van der Waals surface area contributed by atoms with Crippen molar-refractivity contribution < 1.29 is 28.6 Å². The third kappa shape index (κ3) is 4.11. The molecule has 0 fully saturated rings. The molecule has 1 atom stereocenters. The van der Waals surface area contributed by atoms with Crippen LogP contribution in [0, 0.1) is 0 Å². The first-order chi connectivity index (χ1) is 10.6. The smallest absolute Gasteiger partial charge is 0.351 e. The molecule has 2 rings (SSSR count). The molecule has 1 aromatic carbocycles. The van der Waals surface area contributed by atoms with Crippen molar-refractivity contribution in [2.45, 2.75) is 13.0 Å². The van der Waals surface area contributed by atoms with Gasteiger partial charge in [0.05, 0.1) is 0 Å².